The number of carbonyl (C=O) groups is 1. The normalized spacial score (nSPS) is 10.1. The number of H-pyrrole nitrogens is 1. The molecule has 0 saturated carbocycles. The lowest BCUT2D eigenvalue weighted by atomic mass is 10.0. The molecular weight excluding hydrogens is 261 g/mol. The molecule has 102 valence electrons. The number of esters is 1. The molecule has 20 heavy (non-hydrogen) atoms. The number of anilines is 1. The molecule has 0 aliphatic heterocycles. The fourth-order valence-corrected chi connectivity index (χ4v) is 1.86. The third-order valence-corrected chi connectivity index (χ3v) is 2.78. The first-order valence-corrected chi connectivity index (χ1v) is 5.92. The molecule has 2 rings (SSSR count). The van der Waals surface area contributed by atoms with Crippen LogP contribution in [0.15, 0.2) is 24.4 Å². The summed E-state index contributed by atoms with van der Waals surface area (Å²) in [5, 5.41) is 9.08. The van der Waals surface area contributed by atoms with E-state index in [9.17, 15) is 9.18 Å². The van der Waals surface area contributed by atoms with Crippen LogP contribution in [0.5, 0.6) is 0 Å². The van der Waals surface area contributed by atoms with E-state index in [4.69, 9.17) is 15.7 Å². The van der Waals surface area contributed by atoms with Crippen molar-refractivity contribution in [2.24, 2.45) is 0 Å². The summed E-state index contributed by atoms with van der Waals surface area (Å²) >= 11 is 0. The Balaban J connectivity index is 2.59. The van der Waals surface area contributed by atoms with Crippen LogP contribution in [-0.2, 0) is 4.74 Å². The lowest BCUT2D eigenvalue weighted by Gasteiger charge is -2.06. The summed E-state index contributed by atoms with van der Waals surface area (Å²) in [6.07, 6.45) is 1.38. The van der Waals surface area contributed by atoms with Crippen LogP contribution in [0.4, 0.5) is 10.1 Å². The maximum Gasteiger partial charge on any atom is 0.340 e. The summed E-state index contributed by atoms with van der Waals surface area (Å²) in [7, 11) is 0. The van der Waals surface area contributed by atoms with Crippen molar-refractivity contribution in [3.8, 4) is 17.2 Å². The summed E-state index contributed by atoms with van der Waals surface area (Å²) in [6.45, 7) is 1.89. The molecule has 0 fully saturated rings. The quantitative estimate of drug-likeness (QED) is 0.663. The van der Waals surface area contributed by atoms with Gasteiger partial charge in [0.25, 0.3) is 0 Å². The monoisotopic (exact) mass is 273 g/mol. The Hall–Kier alpha value is -2.81. The maximum atomic E-state index is 13.6. The lowest BCUT2D eigenvalue weighted by molar-refractivity contribution is 0.0527. The molecule has 0 aliphatic rings. The van der Waals surface area contributed by atoms with E-state index in [-0.39, 0.29) is 23.6 Å². The number of carbonyl (C=O) groups excluding carboxylic acids is 1. The number of rotatable bonds is 3. The predicted molar refractivity (Wildman–Crippen MR) is 71.3 cm³/mol. The number of nitrogen functional groups attached to an aromatic ring is 1. The van der Waals surface area contributed by atoms with E-state index in [1.807, 2.05) is 6.07 Å². The number of nitrogens with two attached hydrogens (primary N) is 1. The molecule has 6 heteroatoms. The highest BCUT2D eigenvalue weighted by Crippen LogP contribution is 2.29. The van der Waals surface area contributed by atoms with E-state index in [2.05, 4.69) is 4.98 Å². The highest BCUT2D eigenvalue weighted by Gasteiger charge is 2.20. The molecule has 0 amide bonds. The van der Waals surface area contributed by atoms with Gasteiger partial charge in [0, 0.05) is 11.8 Å². The van der Waals surface area contributed by atoms with Crippen LogP contribution < -0.4 is 5.73 Å². The smallest absolute Gasteiger partial charge is 0.340 e. The van der Waals surface area contributed by atoms with Crippen LogP contribution in [0.25, 0.3) is 11.1 Å². The van der Waals surface area contributed by atoms with Crippen molar-refractivity contribution in [1.82, 2.24) is 4.98 Å². The minimum atomic E-state index is -0.609. The molecule has 5 nitrogen and oxygen atoms in total. The molecule has 0 aliphatic carbocycles. The number of hydrogen-bond acceptors (Lipinski definition) is 4. The number of aromatic nitrogens is 1. The van der Waals surface area contributed by atoms with Gasteiger partial charge in [-0.05, 0) is 24.6 Å². The van der Waals surface area contributed by atoms with Gasteiger partial charge < -0.3 is 15.5 Å². The Morgan fingerprint density at radius 3 is 2.90 bits per heavy atom. The third-order valence-electron chi connectivity index (χ3n) is 2.78. The van der Waals surface area contributed by atoms with Crippen molar-refractivity contribution in [2.45, 2.75) is 6.92 Å². The fraction of sp³-hybridized carbons (Fsp3) is 0.143. The summed E-state index contributed by atoms with van der Waals surface area (Å²) in [4.78, 5) is 14.5. The Bertz CT molecular complexity index is 701. The third kappa shape index (κ3) is 2.34. The van der Waals surface area contributed by atoms with Crippen molar-refractivity contribution in [2.75, 3.05) is 12.3 Å². The van der Waals surface area contributed by atoms with Gasteiger partial charge in [0.1, 0.15) is 17.6 Å². The van der Waals surface area contributed by atoms with Gasteiger partial charge >= 0.3 is 5.97 Å². The maximum absolute atomic E-state index is 13.6. The standard InChI is InChI=1S/C14H12FN3O2/c1-2-20-14(19)9-7-18-12(6-16)13(9)8-3-4-11(17)10(15)5-8/h3-5,7,18H,2,17H2,1H3. The molecular formula is C14H12FN3O2. The topological polar surface area (TPSA) is 91.9 Å². The van der Waals surface area contributed by atoms with Crippen LogP contribution in [0.3, 0.4) is 0 Å². The predicted octanol–water partition coefficient (Wildman–Crippen LogP) is 2.45. The van der Waals surface area contributed by atoms with Gasteiger partial charge in [-0.3, -0.25) is 0 Å². The molecule has 1 aromatic heterocycles. The number of nitrogens with one attached hydrogen (secondary N) is 1. The summed E-state index contributed by atoms with van der Waals surface area (Å²) in [5.74, 6) is -1.18. The average molecular weight is 273 g/mol. The van der Waals surface area contributed by atoms with Crippen molar-refractivity contribution in [3.63, 3.8) is 0 Å². The zero-order valence-electron chi connectivity index (χ0n) is 10.7. The summed E-state index contributed by atoms with van der Waals surface area (Å²) in [5.41, 5.74) is 6.47. The Labute approximate surface area is 114 Å². The summed E-state index contributed by atoms with van der Waals surface area (Å²) in [6, 6.07) is 6.04. The van der Waals surface area contributed by atoms with Crippen LogP contribution >= 0.6 is 0 Å². The fourth-order valence-electron chi connectivity index (χ4n) is 1.86. The number of nitrogens with zero attached hydrogens (tertiary/aromatic N) is 1. The second kappa shape index (κ2) is 5.45. The van der Waals surface area contributed by atoms with Gasteiger partial charge in [-0.2, -0.15) is 5.26 Å². The van der Waals surface area contributed by atoms with Crippen molar-refractivity contribution < 1.29 is 13.9 Å². The molecule has 0 unspecified atom stereocenters. The first kappa shape index (κ1) is 13.6. The van der Waals surface area contributed by atoms with E-state index in [1.165, 1.54) is 18.3 Å². The zero-order chi connectivity index (χ0) is 14.7. The van der Waals surface area contributed by atoms with Gasteiger partial charge in [-0.15, -0.1) is 0 Å². The largest absolute Gasteiger partial charge is 0.462 e. The van der Waals surface area contributed by atoms with Crippen LogP contribution in [0, 0.1) is 17.1 Å². The molecule has 0 saturated heterocycles. The van der Waals surface area contributed by atoms with Gasteiger partial charge in [0.05, 0.1) is 17.9 Å². The highest BCUT2D eigenvalue weighted by molar-refractivity contribution is 5.98. The first-order chi connectivity index (χ1) is 9.58. The van der Waals surface area contributed by atoms with Gasteiger partial charge in [-0.1, -0.05) is 6.07 Å². The van der Waals surface area contributed by atoms with Crippen molar-refractivity contribution in [1.29, 1.82) is 5.26 Å². The molecule has 0 bridgehead atoms. The molecule has 0 spiro atoms. The Morgan fingerprint density at radius 1 is 1.55 bits per heavy atom. The molecule has 2 aromatic rings. The second-order valence-corrected chi connectivity index (χ2v) is 4.02. The number of aromatic amines is 1. The van der Waals surface area contributed by atoms with Crippen molar-refractivity contribution in [3.05, 3.63) is 41.5 Å². The second-order valence-electron chi connectivity index (χ2n) is 4.02. The Morgan fingerprint density at radius 2 is 2.30 bits per heavy atom. The summed E-state index contributed by atoms with van der Waals surface area (Å²) < 4.78 is 18.5. The number of nitriles is 1. The number of halogens is 1. The molecule has 0 atom stereocenters. The van der Waals surface area contributed by atoms with E-state index >= 15 is 0 Å². The van der Waals surface area contributed by atoms with Crippen LogP contribution in [0.2, 0.25) is 0 Å². The van der Waals surface area contributed by atoms with Gasteiger partial charge in [0.2, 0.25) is 0 Å². The van der Waals surface area contributed by atoms with Crippen LogP contribution in [0.1, 0.15) is 23.0 Å². The van der Waals surface area contributed by atoms with E-state index in [1.54, 1.807) is 13.0 Å². The Kier molecular flexibility index (Phi) is 3.71. The SMILES string of the molecule is CCOC(=O)c1c[nH]c(C#N)c1-c1ccc(N)c(F)c1. The highest BCUT2D eigenvalue weighted by atomic mass is 19.1. The molecule has 0 radical (unpaired) electrons. The first-order valence-electron chi connectivity index (χ1n) is 5.92. The average Bonchev–Trinajstić information content (AvgIpc) is 2.86. The number of benzene rings is 1. The van der Waals surface area contributed by atoms with Gasteiger partial charge in [-0.25, -0.2) is 9.18 Å². The molecule has 3 N–H and O–H groups in total. The van der Waals surface area contributed by atoms with Gasteiger partial charge in [0.15, 0.2) is 0 Å². The minimum absolute atomic E-state index is 0.000443. The number of ether oxygens (including phenoxy) is 1. The van der Waals surface area contributed by atoms with E-state index in [0.29, 0.717) is 11.1 Å². The molecule has 1 heterocycles. The molecule has 1 aromatic carbocycles. The lowest BCUT2D eigenvalue weighted by Crippen LogP contribution is -2.05. The van der Waals surface area contributed by atoms with Crippen molar-refractivity contribution >= 4 is 11.7 Å². The minimum Gasteiger partial charge on any atom is -0.462 e. The van der Waals surface area contributed by atoms with E-state index in [0.717, 1.165) is 0 Å². The number of hydrogen-bond donors (Lipinski definition) is 2. The zero-order valence-corrected chi connectivity index (χ0v) is 10.7. The van der Waals surface area contributed by atoms with E-state index < -0.39 is 11.8 Å². The van der Waals surface area contributed by atoms with Crippen LogP contribution in [-0.4, -0.2) is 17.6 Å².